The molecule has 0 radical (unpaired) electrons. The van der Waals surface area contributed by atoms with E-state index in [1.807, 2.05) is 71.9 Å². The van der Waals surface area contributed by atoms with Crippen LogP contribution in [0, 0.1) is 7.43 Å². The molecule has 4 rings (SSSR count). The predicted molar refractivity (Wildman–Crippen MR) is 193 cm³/mol. The first kappa shape index (κ1) is 39.8. The SMILES string of the molecule is CC(C)c1cc(C(C)C)c(S(=O)(=O)[N-]C(c2ccccc2)C(NCCCc2ccccc2)c2ccccc2)c(C(C)C)c1.[CH3-].[Cl][Ru+3]. The molecule has 0 fully saturated rings. The van der Waals surface area contributed by atoms with Crippen molar-refractivity contribution in [2.24, 2.45) is 0 Å². The Morgan fingerprint density at radius 2 is 1.13 bits per heavy atom. The van der Waals surface area contributed by atoms with Crippen LogP contribution in [0.5, 0.6) is 0 Å². The fourth-order valence-electron chi connectivity index (χ4n) is 5.62. The molecule has 1 N–H and O–H groups in total. The van der Waals surface area contributed by atoms with Crippen molar-refractivity contribution < 1.29 is 25.7 Å². The van der Waals surface area contributed by atoms with E-state index in [4.69, 9.17) is 4.72 Å². The molecule has 46 heavy (non-hydrogen) atoms. The molecule has 0 saturated carbocycles. The zero-order valence-electron chi connectivity index (χ0n) is 28.2. The molecule has 4 aromatic carbocycles. The van der Waals surface area contributed by atoms with Gasteiger partial charge in [-0.15, -0.1) is 0 Å². The Morgan fingerprint density at radius 3 is 1.59 bits per heavy atom. The Morgan fingerprint density at radius 1 is 0.674 bits per heavy atom. The Balaban J connectivity index is 0.00000241. The van der Waals surface area contributed by atoms with Crippen molar-refractivity contribution in [3.05, 3.63) is 149 Å². The molecular formula is C39H50ClN2O2RuS+. The molecule has 0 aliphatic rings. The number of hydrogen-bond acceptors (Lipinski definition) is 3. The minimum absolute atomic E-state index is 0. The van der Waals surface area contributed by atoms with E-state index < -0.39 is 16.1 Å². The third-order valence-corrected chi connectivity index (χ3v) is 9.55. The van der Waals surface area contributed by atoms with Crippen LogP contribution >= 0.6 is 9.69 Å². The molecular weight excluding hydrogens is 697 g/mol. The number of rotatable bonds is 14. The molecule has 0 saturated heterocycles. The van der Waals surface area contributed by atoms with E-state index >= 15 is 0 Å². The fraction of sp³-hybridized carbons (Fsp3) is 0.359. The number of benzene rings is 4. The van der Waals surface area contributed by atoms with Gasteiger partial charge in [-0.05, 0) is 65.0 Å². The van der Waals surface area contributed by atoms with Crippen LogP contribution in [0.25, 0.3) is 4.72 Å². The average molecular weight is 747 g/mol. The van der Waals surface area contributed by atoms with E-state index in [0.29, 0.717) is 10.8 Å². The molecule has 0 aromatic heterocycles. The van der Waals surface area contributed by atoms with Gasteiger partial charge in [0.15, 0.2) is 0 Å². The Labute approximate surface area is 293 Å². The van der Waals surface area contributed by atoms with Gasteiger partial charge in [-0.1, -0.05) is 156 Å². The zero-order valence-corrected chi connectivity index (χ0v) is 31.5. The summed E-state index contributed by atoms with van der Waals surface area (Å²) in [4.78, 5) is 0.374. The topological polar surface area (TPSA) is 60.3 Å². The number of nitrogens with one attached hydrogen (secondary N) is 1. The molecule has 2 unspecified atom stereocenters. The van der Waals surface area contributed by atoms with Gasteiger partial charge in [-0.2, -0.15) is 0 Å². The summed E-state index contributed by atoms with van der Waals surface area (Å²) in [6.45, 7) is 13.3. The van der Waals surface area contributed by atoms with Crippen molar-refractivity contribution in [1.82, 2.24) is 5.32 Å². The van der Waals surface area contributed by atoms with Crippen LogP contribution in [-0.2, 0) is 33.8 Å². The zero-order chi connectivity index (χ0) is 33.0. The molecule has 248 valence electrons. The number of sulfonamides is 1. The number of hydrogen-bond donors (Lipinski definition) is 1. The molecule has 4 aromatic rings. The Hall–Kier alpha value is -2.34. The van der Waals surface area contributed by atoms with Crippen molar-refractivity contribution in [3.8, 4) is 0 Å². The molecule has 0 heterocycles. The van der Waals surface area contributed by atoms with Gasteiger partial charge in [0.2, 0.25) is 0 Å². The van der Waals surface area contributed by atoms with Gasteiger partial charge < -0.3 is 17.5 Å². The van der Waals surface area contributed by atoms with Crippen LogP contribution in [0.2, 0.25) is 0 Å². The summed E-state index contributed by atoms with van der Waals surface area (Å²) in [5.41, 5.74) is 6.02. The third kappa shape index (κ3) is 10.9. The first-order chi connectivity index (χ1) is 21.6. The third-order valence-electron chi connectivity index (χ3n) is 8.05. The van der Waals surface area contributed by atoms with Crippen molar-refractivity contribution in [2.75, 3.05) is 6.54 Å². The van der Waals surface area contributed by atoms with Crippen LogP contribution < -0.4 is 5.32 Å². The van der Waals surface area contributed by atoms with E-state index in [-0.39, 0.29) is 25.3 Å². The monoisotopic (exact) mass is 747 g/mol. The first-order valence-electron chi connectivity index (χ1n) is 15.7. The van der Waals surface area contributed by atoms with Crippen molar-refractivity contribution in [1.29, 1.82) is 0 Å². The van der Waals surface area contributed by atoms with E-state index in [9.17, 15) is 8.42 Å². The van der Waals surface area contributed by atoms with Crippen LogP contribution in [0.15, 0.2) is 108 Å². The van der Waals surface area contributed by atoms with Gasteiger partial charge >= 0.3 is 27.0 Å². The van der Waals surface area contributed by atoms with Gasteiger partial charge in [0.1, 0.15) is 10.0 Å². The summed E-state index contributed by atoms with van der Waals surface area (Å²) in [7, 11) is 0.526. The molecule has 2 atom stereocenters. The summed E-state index contributed by atoms with van der Waals surface area (Å²) in [5.74, 6) is 0.364. The first-order valence-corrected chi connectivity index (χ1v) is 19.4. The molecule has 0 amide bonds. The van der Waals surface area contributed by atoms with Crippen molar-refractivity contribution in [2.45, 2.75) is 89.1 Å². The maximum atomic E-state index is 14.6. The summed E-state index contributed by atoms with van der Waals surface area (Å²) < 4.78 is 34.0. The maximum absolute atomic E-state index is 14.6. The van der Waals surface area contributed by atoms with Gasteiger partial charge in [0.25, 0.3) is 0 Å². The number of nitrogens with zero attached hydrogens (tertiary/aromatic N) is 1. The average Bonchev–Trinajstić information content (AvgIpc) is 3.05. The van der Waals surface area contributed by atoms with Crippen molar-refractivity contribution in [3.63, 3.8) is 0 Å². The van der Waals surface area contributed by atoms with Crippen LogP contribution in [-0.4, -0.2) is 15.0 Å². The minimum atomic E-state index is -4.04. The second-order valence-electron chi connectivity index (χ2n) is 12.4. The standard InChI is InChI=1S/C38H47N2O2S.CH3.ClH.Ru/c1-27(2)33-25-34(28(3)4)38(35(26-33)29(5)6)43(41,42)40-37(32-22-14-9-15-23-32)36(31-20-12-8-13-21-31)39-24-16-19-30-17-10-7-11-18-30;;;/h7-15,17-18,20-23,25-29,36-37,39H,16,19,24H2,1-6H3;1H3;1H;/q2*-1;;+4/p-1. The summed E-state index contributed by atoms with van der Waals surface area (Å²) in [5, 5.41) is 3.72. The van der Waals surface area contributed by atoms with E-state index in [1.54, 1.807) is 0 Å². The number of aryl methyl sites for hydroxylation is 1. The Bertz CT molecular complexity index is 1520. The van der Waals surface area contributed by atoms with E-state index in [1.165, 1.54) is 5.56 Å². The van der Waals surface area contributed by atoms with Gasteiger partial charge in [-0.25, -0.2) is 8.42 Å². The second-order valence-corrected chi connectivity index (χ2v) is 13.9. The van der Waals surface area contributed by atoms with Crippen molar-refractivity contribution >= 4 is 19.7 Å². The molecule has 0 bridgehead atoms. The van der Waals surface area contributed by atoms with Gasteiger partial charge in [0.05, 0.1) is 4.90 Å². The van der Waals surface area contributed by atoms with Gasteiger partial charge in [-0.3, -0.25) is 0 Å². The molecule has 0 aliphatic carbocycles. The van der Waals surface area contributed by atoms with Gasteiger partial charge in [0, 0.05) is 6.04 Å². The molecule has 4 nitrogen and oxygen atoms in total. The second kappa shape index (κ2) is 19.5. The van der Waals surface area contributed by atoms with E-state index in [2.05, 4.69) is 105 Å². The quantitative estimate of drug-likeness (QED) is 0.0794. The molecule has 0 spiro atoms. The normalized spacial score (nSPS) is 12.7. The summed E-state index contributed by atoms with van der Waals surface area (Å²) >= 11 is 1.82. The van der Waals surface area contributed by atoms with E-state index in [0.717, 1.165) is 47.2 Å². The number of halogens is 1. The summed E-state index contributed by atoms with van der Waals surface area (Å²) in [6.07, 6.45) is 1.87. The fourth-order valence-corrected chi connectivity index (χ4v) is 7.45. The van der Waals surface area contributed by atoms with Crippen LogP contribution in [0.1, 0.15) is 111 Å². The molecule has 0 aliphatic heterocycles. The Kier molecular flexibility index (Phi) is 16.9. The van der Waals surface area contributed by atoms with Crippen LogP contribution in [0.4, 0.5) is 0 Å². The molecule has 7 heteroatoms. The van der Waals surface area contributed by atoms with Crippen LogP contribution in [0.3, 0.4) is 0 Å². The summed E-state index contributed by atoms with van der Waals surface area (Å²) in [6, 6.07) is 33.6. The predicted octanol–water partition coefficient (Wildman–Crippen LogP) is 11.0.